The zero-order valence-corrected chi connectivity index (χ0v) is 11.1. The third kappa shape index (κ3) is 1.95. The molecule has 0 N–H and O–H groups in total. The molecule has 0 aliphatic carbocycles. The van der Waals surface area contributed by atoms with E-state index in [4.69, 9.17) is 4.74 Å². The first-order valence-corrected chi connectivity index (χ1v) is 6.53. The van der Waals surface area contributed by atoms with Crippen LogP contribution in [0.4, 0.5) is 0 Å². The molecule has 1 saturated heterocycles. The van der Waals surface area contributed by atoms with Crippen molar-refractivity contribution in [3.8, 4) is 0 Å². The van der Waals surface area contributed by atoms with Crippen molar-refractivity contribution < 1.29 is 4.74 Å². The number of imidazole rings is 1. The monoisotopic (exact) mass is 296 g/mol. The molecule has 0 spiro atoms. The van der Waals surface area contributed by atoms with Gasteiger partial charge in [0.15, 0.2) is 10.4 Å². The molecule has 0 aromatic carbocycles. The molecule has 1 aliphatic rings. The topological polar surface area (TPSA) is 52.8 Å². The fraction of sp³-hybridized carbons (Fsp3) is 0.545. The van der Waals surface area contributed by atoms with Gasteiger partial charge in [0, 0.05) is 6.61 Å². The number of fused-ring (bicyclic) bond motifs is 1. The lowest BCUT2D eigenvalue weighted by Crippen LogP contribution is -2.17. The first kappa shape index (κ1) is 11.1. The van der Waals surface area contributed by atoms with Crippen LogP contribution in [-0.2, 0) is 4.74 Å². The predicted octanol–water partition coefficient (Wildman–Crippen LogP) is 2.60. The Balaban J connectivity index is 2.10. The largest absolute Gasteiger partial charge is 0.358 e. The Hall–Kier alpha value is -1.01. The van der Waals surface area contributed by atoms with Gasteiger partial charge in [0.25, 0.3) is 0 Å². The van der Waals surface area contributed by atoms with Crippen LogP contribution in [0.2, 0.25) is 0 Å². The Bertz CT molecular complexity index is 548. The van der Waals surface area contributed by atoms with Gasteiger partial charge in [-0.1, -0.05) is 0 Å². The lowest BCUT2D eigenvalue weighted by atomic mass is 10.2. The molecular formula is C11H13BrN4O. The number of aromatic nitrogens is 4. The van der Waals surface area contributed by atoms with Crippen molar-refractivity contribution >= 4 is 27.1 Å². The molecule has 5 nitrogen and oxygen atoms in total. The highest BCUT2D eigenvalue weighted by molar-refractivity contribution is 9.10. The van der Waals surface area contributed by atoms with Gasteiger partial charge in [-0.3, -0.25) is 4.57 Å². The summed E-state index contributed by atoms with van der Waals surface area (Å²) in [5.74, 6) is 0. The normalized spacial score (nSPS) is 20.9. The van der Waals surface area contributed by atoms with E-state index >= 15 is 0 Å². The van der Waals surface area contributed by atoms with Gasteiger partial charge in [0.1, 0.15) is 11.7 Å². The minimum atomic E-state index is 0.0648. The van der Waals surface area contributed by atoms with Crippen LogP contribution in [0.5, 0.6) is 0 Å². The summed E-state index contributed by atoms with van der Waals surface area (Å²) in [6.07, 6.45) is 5.21. The molecule has 1 fully saturated rings. The molecule has 17 heavy (non-hydrogen) atoms. The van der Waals surface area contributed by atoms with E-state index in [0.717, 1.165) is 36.3 Å². The minimum absolute atomic E-state index is 0.0648. The maximum atomic E-state index is 5.76. The summed E-state index contributed by atoms with van der Waals surface area (Å²) < 4.78 is 8.36. The van der Waals surface area contributed by atoms with Crippen molar-refractivity contribution in [2.45, 2.75) is 32.4 Å². The Labute approximate surface area is 107 Å². The van der Waals surface area contributed by atoms with Crippen molar-refractivity contribution in [1.29, 1.82) is 0 Å². The van der Waals surface area contributed by atoms with Gasteiger partial charge < -0.3 is 4.74 Å². The van der Waals surface area contributed by atoms with E-state index in [-0.39, 0.29) is 6.23 Å². The molecule has 3 heterocycles. The van der Waals surface area contributed by atoms with E-state index in [1.807, 2.05) is 11.5 Å². The van der Waals surface area contributed by atoms with Crippen LogP contribution < -0.4 is 0 Å². The smallest absolute Gasteiger partial charge is 0.198 e. The summed E-state index contributed by atoms with van der Waals surface area (Å²) >= 11 is 3.32. The Kier molecular flexibility index (Phi) is 2.84. The van der Waals surface area contributed by atoms with Crippen LogP contribution in [0, 0.1) is 6.92 Å². The molecule has 0 saturated carbocycles. The first-order chi connectivity index (χ1) is 8.25. The maximum absolute atomic E-state index is 5.76. The average molecular weight is 297 g/mol. The predicted molar refractivity (Wildman–Crippen MR) is 66.6 cm³/mol. The van der Waals surface area contributed by atoms with Gasteiger partial charge in [-0.25, -0.2) is 15.0 Å². The number of hydrogen-bond donors (Lipinski definition) is 0. The van der Waals surface area contributed by atoms with Gasteiger partial charge in [-0.05, 0) is 42.1 Å². The van der Waals surface area contributed by atoms with E-state index in [1.165, 1.54) is 6.42 Å². The number of halogens is 1. The van der Waals surface area contributed by atoms with E-state index in [0.29, 0.717) is 4.73 Å². The van der Waals surface area contributed by atoms with Gasteiger partial charge >= 0.3 is 0 Å². The number of hydrogen-bond acceptors (Lipinski definition) is 4. The second kappa shape index (κ2) is 4.34. The Morgan fingerprint density at radius 3 is 3.06 bits per heavy atom. The fourth-order valence-electron chi connectivity index (χ4n) is 2.18. The lowest BCUT2D eigenvalue weighted by molar-refractivity contribution is -0.0298. The highest BCUT2D eigenvalue weighted by atomic mass is 79.9. The third-order valence-electron chi connectivity index (χ3n) is 3.03. The SMILES string of the molecule is Cc1nc(Br)nc2c1ncn2C1CCCCO1. The molecule has 2 aromatic heterocycles. The van der Waals surface area contributed by atoms with Crippen LogP contribution in [0.25, 0.3) is 11.2 Å². The van der Waals surface area contributed by atoms with Gasteiger partial charge in [0.05, 0.1) is 12.0 Å². The van der Waals surface area contributed by atoms with Crippen LogP contribution >= 0.6 is 15.9 Å². The van der Waals surface area contributed by atoms with Crippen molar-refractivity contribution in [2.24, 2.45) is 0 Å². The summed E-state index contributed by atoms with van der Waals surface area (Å²) in [5.41, 5.74) is 2.58. The molecular weight excluding hydrogens is 284 g/mol. The molecule has 3 rings (SSSR count). The van der Waals surface area contributed by atoms with Crippen molar-refractivity contribution in [3.63, 3.8) is 0 Å². The molecule has 2 aromatic rings. The fourth-order valence-corrected chi connectivity index (χ4v) is 2.61. The third-order valence-corrected chi connectivity index (χ3v) is 3.39. The van der Waals surface area contributed by atoms with Gasteiger partial charge in [-0.15, -0.1) is 0 Å². The molecule has 0 amide bonds. The molecule has 6 heteroatoms. The summed E-state index contributed by atoms with van der Waals surface area (Å²) in [4.78, 5) is 13.0. The summed E-state index contributed by atoms with van der Waals surface area (Å²) in [6.45, 7) is 2.75. The lowest BCUT2D eigenvalue weighted by Gasteiger charge is -2.23. The first-order valence-electron chi connectivity index (χ1n) is 5.74. The maximum Gasteiger partial charge on any atom is 0.198 e. The standard InChI is InChI=1S/C11H13BrN4O/c1-7-9-10(15-11(12)14-7)16(6-13-9)8-4-2-3-5-17-8/h6,8H,2-5H2,1H3. The zero-order chi connectivity index (χ0) is 11.8. The summed E-state index contributed by atoms with van der Waals surface area (Å²) in [5, 5.41) is 0. The van der Waals surface area contributed by atoms with E-state index < -0.39 is 0 Å². The van der Waals surface area contributed by atoms with Crippen molar-refractivity contribution in [1.82, 2.24) is 19.5 Å². The average Bonchev–Trinajstić information content (AvgIpc) is 2.74. The van der Waals surface area contributed by atoms with E-state index in [2.05, 4.69) is 30.9 Å². The van der Waals surface area contributed by atoms with Crippen molar-refractivity contribution in [3.05, 3.63) is 16.8 Å². The highest BCUT2D eigenvalue weighted by Crippen LogP contribution is 2.26. The molecule has 90 valence electrons. The van der Waals surface area contributed by atoms with E-state index in [1.54, 1.807) is 6.33 Å². The van der Waals surface area contributed by atoms with Gasteiger partial charge in [-0.2, -0.15) is 0 Å². The van der Waals surface area contributed by atoms with Crippen LogP contribution in [0.1, 0.15) is 31.2 Å². The molecule has 1 aliphatic heterocycles. The number of aryl methyl sites for hydroxylation is 1. The van der Waals surface area contributed by atoms with Crippen LogP contribution in [0.15, 0.2) is 11.1 Å². The second-order valence-corrected chi connectivity index (χ2v) is 4.93. The van der Waals surface area contributed by atoms with Crippen LogP contribution in [0.3, 0.4) is 0 Å². The molecule has 0 bridgehead atoms. The molecule has 0 radical (unpaired) electrons. The van der Waals surface area contributed by atoms with Gasteiger partial charge in [0.2, 0.25) is 0 Å². The quantitative estimate of drug-likeness (QED) is 0.759. The van der Waals surface area contributed by atoms with E-state index in [9.17, 15) is 0 Å². The number of ether oxygens (including phenoxy) is 1. The summed E-state index contributed by atoms with van der Waals surface area (Å²) in [6, 6.07) is 0. The number of rotatable bonds is 1. The summed E-state index contributed by atoms with van der Waals surface area (Å²) in [7, 11) is 0. The minimum Gasteiger partial charge on any atom is -0.358 e. The van der Waals surface area contributed by atoms with Crippen molar-refractivity contribution in [2.75, 3.05) is 6.61 Å². The highest BCUT2D eigenvalue weighted by Gasteiger charge is 2.19. The van der Waals surface area contributed by atoms with Crippen LogP contribution in [-0.4, -0.2) is 26.1 Å². The second-order valence-electron chi connectivity index (χ2n) is 4.22. The molecule has 1 atom stereocenters. The molecule has 1 unspecified atom stereocenters. The Morgan fingerprint density at radius 2 is 2.29 bits per heavy atom. The Morgan fingerprint density at radius 1 is 1.41 bits per heavy atom. The zero-order valence-electron chi connectivity index (χ0n) is 9.56. The number of nitrogens with zero attached hydrogens (tertiary/aromatic N) is 4.